The number of carbonyl (C=O) groups excluding carboxylic acids is 1. The van der Waals surface area contributed by atoms with Crippen LogP contribution in [0, 0.1) is 6.92 Å². The maximum atomic E-state index is 12.3. The van der Waals surface area contributed by atoms with Gasteiger partial charge in [-0.1, -0.05) is 0 Å². The highest BCUT2D eigenvalue weighted by Gasteiger charge is 2.18. The Kier molecular flexibility index (Phi) is 5.63. The third kappa shape index (κ3) is 4.69. The van der Waals surface area contributed by atoms with Gasteiger partial charge in [0.2, 0.25) is 6.79 Å². The Balaban J connectivity index is 1.31. The lowest BCUT2D eigenvalue weighted by Gasteiger charge is -2.17. The quantitative estimate of drug-likeness (QED) is 0.320. The van der Waals surface area contributed by atoms with Crippen LogP contribution in [-0.2, 0) is 4.79 Å². The minimum absolute atomic E-state index is 0.151. The maximum absolute atomic E-state index is 12.3. The van der Waals surface area contributed by atoms with Crippen molar-refractivity contribution < 1.29 is 23.4 Å². The van der Waals surface area contributed by atoms with E-state index in [1.165, 1.54) is 6.07 Å². The molecule has 0 radical (unpaired) electrons. The van der Waals surface area contributed by atoms with E-state index in [2.05, 4.69) is 16.2 Å². The van der Waals surface area contributed by atoms with Crippen LogP contribution in [0.2, 0.25) is 0 Å². The first-order valence-electron chi connectivity index (χ1n) is 9.37. The van der Waals surface area contributed by atoms with Gasteiger partial charge in [0, 0.05) is 29.3 Å². The Hall–Kier alpha value is -3.79. The first-order chi connectivity index (χ1) is 14.9. The predicted octanol–water partition coefficient (Wildman–Crippen LogP) is 2.62. The molecule has 1 aromatic heterocycles. The van der Waals surface area contributed by atoms with Gasteiger partial charge in [0.15, 0.2) is 22.7 Å². The summed E-state index contributed by atoms with van der Waals surface area (Å²) in [4.78, 5) is 23.9. The molecule has 0 bridgehead atoms. The second-order valence-corrected chi connectivity index (χ2v) is 7.21. The Bertz CT molecular complexity index is 1230. The van der Waals surface area contributed by atoms with E-state index in [0.29, 0.717) is 28.5 Å². The van der Waals surface area contributed by atoms with Gasteiger partial charge in [0.25, 0.3) is 5.91 Å². The summed E-state index contributed by atoms with van der Waals surface area (Å²) in [6.07, 6.45) is -0.798. The summed E-state index contributed by atoms with van der Waals surface area (Å²) >= 11 is 5.20. The summed E-state index contributed by atoms with van der Waals surface area (Å²) in [6, 6.07) is 11.8. The summed E-state index contributed by atoms with van der Waals surface area (Å²) in [6.45, 7) is 3.60. The lowest BCUT2D eigenvalue weighted by Crippen LogP contribution is -2.48. The Morgan fingerprint density at radius 1 is 1.10 bits per heavy atom. The lowest BCUT2D eigenvalue weighted by atomic mass is 10.1. The van der Waals surface area contributed by atoms with Crippen LogP contribution in [0.1, 0.15) is 12.5 Å². The Morgan fingerprint density at radius 3 is 2.74 bits per heavy atom. The molecular formula is C21H19N3O6S. The fourth-order valence-electron chi connectivity index (χ4n) is 2.99. The van der Waals surface area contributed by atoms with Crippen molar-refractivity contribution in [1.29, 1.82) is 0 Å². The molecule has 1 aliphatic heterocycles. The molecule has 2 aromatic carbocycles. The van der Waals surface area contributed by atoms with E-state index < -0.39 is 17.6 Å². The van der Waals surface area contributed by atoms with E-state index in [9.17, 15) is 9.59 Å². The minimum atomic E-state index is -0.798. The average molecular weight is 441 g/mol. The molecule has 0 aliphatic carbocycles. The van der Waals surface area contributed by atoms with Gasteiger partial charge in [-0.3, -0.25) is 15.6 Å². The van der Waals surface area contributed by atoms with E-state index in [1.54, 1.807) is 37.3 Å². The highest BCUT2D eigenvalue weighted by atomic mass is 32.1. The molecule has 0 unspecified atom stereocenters. The van der Waals surface area contributed by atoms with Crippen molar-refractivity contribution in [2.45, 2.75) is 20.0 Å². The molecule has 4 rings (SSSR count). The van der Waals surface area contributed by atoms with E-state index >= 15 is 0 Å². The molecular weight excluding hydrogens is 422 g/mol. The number of carbonyl (C=O) groups is 1. The molecule has 1 atom stereocenters. The van der Waals surface area contributed by atoms with Crippen LogP contribution in [0.15, 0.2) is 51.7 Å². The number of hydrogen-bond donors (Lipinski definition) is 3. The van der Waals surface area contributed by atoms with Gasteiger partial charge >= 0.3 is 5.63 Å². The largest absolute Gasteiger partial charge is 0.481 e. The molecule has 10 heteroatoms. The van der Waals surface area contributed by atoms with Crippen LogP contribution >= 0.6 is 12.2 Å². The SMILES string of the molecule is Cc1cc(=O)oc2cc(NC(=S)NNC(=O)[C@H](C)Oc3ccc4c(c3)OCO4)ccc12. The van der Waals surface area contributed by atoms with Crippen molar-refractivity contribution in [3.05, 3.63) is 58.4 Å². The molecule has 0 spiro atoms. The monoisotopic (exact) mass is 441 g/mol. The van der Waals surface area contributed by atoms with Crippen molar-refractivity contribution in [2.24, 2.45) is 0 Å². The molecule has 9 nitrogen and oxygen atoms in total. The number of aryl methyl sites for hydroxylation is 1. The molecule has 0 saturated heterocycles. The second-order valence-electron chi connectivity index (χ2n) is 6.80. The Morgan fingerprint density at radius 2 is 1.90 bits per heavy atom. The van der Waals surface area contributed by atoms with Crippen molar-refractivity contribution in [3.63, 3.8) is 0 Å². The molecule has 0 saturated carbocycles. The zero-order valence-electron chi connectivity index (χ0n) is 16.7. The van der Waals surface area contributed by atoms with Gasteiger partial charge in [-0.2, -0.15) is 0 Å². The van der Waals surface area contributed by atoms with E-state index in [-0.39, 0.29) is 11.9 Å². The third-order valence-electron chi connectivity index (χ3n) is 4.53. The molecule has 0 fully saturated rings. The number of fused-ring (bicyclic) bond motifs is 2. The number of hydrazine groups is 1. The van der Waals surface area contributed by atoms with Crippen LogP contribution in [0.4, 0.5) is 5.69 Å². The number of thiocarbonyl (C=S) groups is 1. The summed E-state index contributed by atoms with van der Waals surface area (Å²) in [5, 5.41) is 3.89. The highest BCUT2D eigenvalue weighted by molar-refractivity contribution is 7.80. The minimum Gasteiger partial charge on any atom is -0.481 e. The van der Waals surface area contributed by atoms with E-state index in [1.807, 2.05) is 13.0 Å². The Labute approximate surface area is 182 Å². The normalized spacial score (nSPS) is 12.8. The number of hydrogen-bond acceptors (Lipinski definition) is 7. The van der Waals surface area contributed by atoms with Gasteiger partial charge in [0.1, 0.15) is 11.3 Å². The summed E-state index contributed by atoms with van der Waals surface area (Å²) in [7, 11) is 0. The molecule has 31 heavy (non-hydrogen) atoms. The van der Waals surface area contributed by atoms with Crippen LogP contribution in [0.5, 0.6) is 17.2 Å². The molecule has 1 aliphatic rings. The van der Waals surface area contributed by atoms with Crippen LogP contribution in [0.3, 0.4) is 0 Å². The number of amides is 1. The fraction of sp³-hybridized carbons (Fsp3) is 0.190. The number of anilines is 1. The molecule has 2 heterocycles. The van der Waals surface area contributed by atoms with Gasteiger partial charge in [-0.15, -0.1) is 0 Å². The number of benzene rings is 2. The fourth-order valence-corrected chi connectivity index (χ4v) is 3.16. The van der Waals surface area contributed by atoms with Gasteiger partial charge in [-0.25, -0.2) is 4.79 Å². The number of rotatable bonds is 4. The van der Waals surface area contributed by atoms with E-state index in [0.717, 1.165) is 10.9 Å². The first kappa shape index (κ1) is 20.5. The standard InChI is InChI=1S/C21H19N3O6S/c1-11-7-19(25)30-17-8-13(3-5-15(11)17)22-21(31)24-23-20(26)12(2)29-14-4-6-16-18(9-14)28-10-27-16/h3-9,12H,10H2,1-2H3,(H,23,26)(H2,22,24,31)/t12-/m0/s1. The molecule has 3 aromatic rings. The zero-order chi connectivity index (χ0) is 22.0. The molecule has 3 N–H and O–H groups in total. The summed E-state index contributed by atoms with van der Waals surface area (Å²) < 4.78 is 21.4. The topological polar surface area (TPSA) is 111 Å². The van der Waals surface area contributed by atoms with Gasteiger partial charge in [0.05, 0.1) is 0 Å². The molecule has 1 amide bonds. The predicted molar refractivity (Wildman–Crippen MR) is 117 cm³/mol. The third-order valence-corrected chi connectivity index (χ3v) is 4.74. The maximum Gasteiger partial charge on any atom is 0.336 e. The number of ether oxygens (including phenoxy) is 3. The first-order valence-corrected chi connectivity index (χ1v) is 9.77. The lowest BCUT2D eigenvalue weighted by molar-refractivity contribution is -0.127. The second kappa shape index (κ2) is 8.52. The van der Waals surface area contributed by atoms with Crippen LogP contribution in [0.25, 0.3) is 11.0 Å². The van der Waals surface area contributed by atoms with Gasteiger partial charge in [-0.05, 0) is 55.9 Å². The van der Waals surface area contributed by atoms with Crippen LogP contribution in [-0.4, -0.2) is 23.9 Å². The van der Waals surface area contributed by atoms with Crippen molar-refractivity contribution in [3.8, 4) is 17.2 Å². The van der Waals surface area contributed by atoms with Crippen molar-refractivity contribution in [1.82, 2.24) is 10.9 Å². The number of nitrogens with one attached hydrogen (secondary N) is 3. The van der Waals surface area contributed by atoms with Gasteiger partial charge < -0.3 is 23.9 Å². The van der Waals surface area contributed by atoms with Crippen LogP contribution < -0.4 is 36.0 Å². The average Bonchev–Trinajstić information content (AvgIpc) is 3.19. The zero-order valence-corrected chi connectivity index (χ0v) is 17.5. The molecule has 160 valence electrons. The van der Waals surface area contributed by atoms with E-state index in [4.69, 9.17) is 30.8 Å². The smallest absolute Gasteiger partial charge is 0.336 e. The van der Waals surface area contributed by atoms with Crippen molar-refractivity contribution in [2.75, 3.05) is 12.1 Å². The highest BCUT2D eigenvalue weighted by Crippen LogP contribution is 2.35. The summed E-state index contributed by atoms with van der Waals surface area (Å²) in [5.41, 5.74) is 6.53. The summed E-state index contributed by atoms with van der Waals surface area (Å²) in [5.74, 6) is 1.24. The van der Waals surface area contributed by atoms with Crippen molar-refractivity contribution >= 4 is 39.9 Å².